The Balaban J connectivity index is 1.43. The number of benzene rings is 2. The summed E-state index contributed by atoms with van der Waals surface area (Å²) >= 11 is 0. The number of aromatic nitrogens is 2. The summed E-state index contributed by atoms with van der Waals surface area (Å²) in [7, 11) is 0. The van der Waals surface area contributed by atoms with Crippen LogP contribution in [0.5, 0.6) is 0 Å². The zero-order valence-corrected chi connectivity index (χ0v) is 16.6. The van der Waals surface area contributed by atoms with Crippen molar-refractivity contribution in [2.45, 2.75) is 6.92 Å². The van der Waals surface area contributed by atoms with Crippen LogP contribution < -0.4 is 4.90 Å². The van der Waals surface area contributed by atoms with Gasteiger partial charge in [0.25, 0.3) is 11.6 Å². The number of rotatable bonds is 4. The third-order valence-corrected chi connectivity index (χ3v) is 5.20. The van der Waals surface area contributed by atoms with E-state index in [1.165, 1.54) is 12.1 Å². The molecule has 0 unspecified atom stereocenters. The summed E-state index contributed by atoms with van der Waals surface area (Å²) in [4.78, 5) is 36.3. The van der Waals surface area contributed by atoms with E-state index >= 15 is 0 Å². The molecule has 8 nitrogen and oxygen atoms in total. The molecule has 0 radical (unpaired) electrons. The number of hydrogen-bond acceptors (Lipinski definition) is 6. The Bertz CT molecular complexity index is 1080. The van der Waals surface area contributed by atoms with Gasteiger partial charge in [0.05, 0.1) is 4.92 Å². The van der Waals surface area contributed by atoms with Crippen LogP contribution in [0.25, 0.3) is 11.4 Å². The first-order valence-electron chi connectivity index (χ1n) is 9.70. The average molecular weight is 403 g/mol. The Kier molecular flexibility index (Phi) is 5.38. The molecule has 2 aromatic carbocycles. The molecule has 0 saturated carbocycles. The van der Waals surface area contributed by atoms with Gasteiger partial charge in [-0.25, -0.2) is 9.97 Å². The highest BCUT2D eigenvalue weighted by Crippen LogP contribution is 2.22. The predicted octanol–water partition coefficient (Wildman–Crippen LogP) is 3.32. The first-order chi connectivity index (χ1) is 14.5. The summed E-state index contributed by atoms with van der Waals surface area (Å²) in [6, 6.07) is 16.2. The average Bonchev–Trinajstić information content (AvgIpc) is 2.79. The maximum atomic E-state index is 12.8. The van der Waals surface area contributed by atoms with Crippen LogP contribution in [0.3, 0.4) is 0 Å². The monoisotopic (exact) mass is 403 g/mol. The van der Waals surface area contributed by atoms with E-state index in [0.29, 0.717) is 43.1 Å². The Morgan fingerprint density at radius 2 is 1.77 bits per heavy atom. The minimum Gasteiger partial charge on any atom is -0.353 e. The zero-order chi connectivity index (χ0) is 21.1. The fraction of sp³-hybridized carbons (Fsp3) is 0.227. The quantitative estimate of drug-likeness (QED) is 0.490. The summed E-state index contributed by atoms with van der Waals surface area (Å²) in [5.74, 6) is 1.40. The molecule has 0 atom stereocenters. The van der Waals surface area contributed by atoms with Crippen molar-refractivity contribution in [2.75, 3.05) is 31.1 Å². The van der Waals surface area contributed by atoms with Gasteiger partial charge >= 0.3 is 0 Å². The first-order valence-corrected chi connectivity index (χ1v) is 9.70. The molecule has 4 rings (SSSR count). The van der Waals surface area contributed by atoms with Gasteiger partial charge in [-0.2, -0.15) is 0 Å². The van der Waals surface area contributed by atoms with Crippen LogP contribution in [0.4, 0.5) is 11.5 Å². The smallest absolute Gasteiger partial charge is 0.272 e. The summed E-state index contributed by atoms with van der Waals surface area (Å²) in [6.45, 7) is 4.07. The van der Waals surface area contributed by atoms with E-state index in [1.807, 2.05) is 36.4 Å². The van der Waals surface area contributed by atoms with Crippen molar-refractivity contribution in [2.24, 2.45) is 0 Å². The molecule has 0 bridgehead atoms. The number of nitro benzene ring substituents is 1. The highest BCUT2D eigenvalue weighted by Gasteiger charge is 2.24. The molecular formula is C22H21N5O3. The van der Waals surface area contributed by atoms with Crippen LogP contribution in [0.1, 0.15) is 15.9 Å². The van der Waals surface area contributed by atoms with E-state index in [-0.39, 0.29) is 11.6 Å². The fourth-order valence-corrected chi connectivity index (χ4v) is 3.57. The van der Waals surface area contributed by atoms with Crippen LogP contribution in [0.15, 0.2) is 60.8 Å². The van der Waals surface area contributed by atoms with Gasteiger partial charge in [-0.15, -0.1) is 0 Å². The van der Waals surface area contributed by atoms with Gasteiger partial charge in [-0.05, 0) is 25.1 Å². The lowest BCUT2D eigenvalue weighted by Gasteiger charge is -2.35. The lowest BCUT2D eigenvalue weighted by molar-refractivity contribution is -0.385. The third kappa shape index (κ3) is 3.98. The maximum absolute atomic E-state index is 12.8. The highest BCUT2D eigenvalue weighted by molar-refractivity contribution is 5.95. The normalized spacial score (nSPS) is 13.9. The van der Waals surface area contributed by atoms with Crippen molar-refractivity contribution >= 4 is 17.4 Å². The first kappa shape index (κ1) is 19.5. The van der Waals surface area contributed by atoms with E-state index in [9.17, 15) is 14.9 Å². The second-order valence-electron chi connectivity index (χ2n) is 7.14. The van der Waals surface area contributed by atoms with Crippen molar-refractivity contribution in [1.82, 2.24) is 14.9 Å². The molecule has 152 valence electrons. The number of carbonyl (C=O) groups is 1. The molecule has 0 N–H and O–H groups in total. The summed E-state index contributed by atoms with van der Waals surface area (Å²) in [5.41, 5.74) is 1.94. The third-order valence-electron chi connectivity index (χ3n) is 5.20. The number of nitro groups is 1. The summed E-state index contributed by atoms with van der Waals surface area (Å²) < 4.78 is 0. The Morgan fingerprint density at radius 3 is 2.43 bits per heavy atom. The van der Waals surface area contributed by atoms with Gasteiger partial charge in [0.15, 0.2) is 5.82 Å². The number of aryl methyl sites for hydroxylation is 1. The largest absolute Gasteiger partial charge is 0.353 e. The van der Waals surface area contributed by atoms with E-state index < -0.39 is 4.92 Å². The van der Waals surface area contributed by atoms with Gasteiger partial charge in [0, 0.05) is 55.1 Å². The summed E-state index contributed by atoms with van der Waals surface area (Å²) in [5, 5.41) is 11.0. The van der Waals surface area contributed by atoms with E-state index in [1.54, 1.807) is 24.1 Å². The molecule has 30 heavy (non-hydrogen) atoms. The van der Waals surface area contributed by atoms with Gasteiger partial charge < -0.3 is 9.80 Å². The van der Waals surface area contributed by atoms with Crippen molar-refractivity contribution in [3.05, 3.63) is 82.0 Å². The van der Waals surface area contributed by atoms with Crippen molar-refractivity contribution in [3.8, 4) is 11.4 Å². The molecule has 3 aromatic rings. The van der Waals surface area contributed by atoms with Crippen molar-refractivity contribution in [1.29, 1.82) is 0 Å². The Labute approximate surface area is 174 Å². The molecule has 1 aliphatic heterocycles. The molecule has 1 aromatic heterocycles. The molecule has 1 saturated heterocycles. The van der Waals surface area contributed by atoms with E-state index in [2.05, 4.69) is 14.9 Å². The van der Waals surface area contributed by atoms with E-state index in [0.717, 1.165) is 11.4 Å². The predicted molar refractivity (Wildman–Crippen MR) is 113 cm³/mol. The lowest BCUT2D eigenvalue weighted by atomic mass is 10.1. The van der Waals surface area contributed by atoms with Gasteiger partial charge in [0.2, 0.25) is 0 Å². The van der Waals surface area contributed by atoms with Crippen LogP contribution in [-0.2, 0) is 0 Å². The Hall–Kier alpha value is -3.81. The number of piperazine rings is 1. The second-order valence-corrected chi connectivity index (χ2v) is 7.14. The molecule has 1 fully saturated rings. The molecule has 2 heterocycles. The molecule has 8 heteroatoms. The maximum Gasteiger partial charge on any atom is 0.272 e. The highest BCUT2D eigenvalue weighted by atomic mass is 16.6. The van der Waals surface area contributed by atoms with Gasteiger partial charge in [-0.1, -0.05) is 30.3 Å². The van der Waals surface area contributed by atoms with Crippen LogP contribution >= 0.6 is 0 Å². The van der Waals surface area contributed by atoms with Crippen molar-refractivity contribution in [3.63, 3.8) is 0 Å². The van der Waals surface area contributed by atoms with Gasteiger partial charge in [-0.3, -0.25) is 14.9 Å². The van der Waals surface area contributed by atoms with Gasteiger partial charge in [0.1, 0.15) is 5.82 Å². The second kappa shape index (κ2) is 8.28. The fourth-order valence-electron chi connectivity index (χ4n) is 3.57. The number of carbonyl (C=O) groups excluding carboxylic acids is 1. The minimum atomic E-state index is -0.437. The topological polar surface area (TPSA) is 92.5 Å². The molecule has 1 aliphatic rings. The zero-order valence-electron chi connectivity index (χ0n) is 16.6. The number of amides is 1. The molecule has 1 amide bonds. The number of anilines is 1. The van der Waals surface area contributed by atoms with Crippen LogP contribution in [-0.4, -0.2) is 51.9 Å². The Morgan fingerprint density at radius 1 is 1.03 bits per heavy atom. The summed E-state index contributed by atoms with van der Waals surface area (Å²) in [6.07, 6.45) is 1.75. The molecule has 0 spiro atoms. The number of hydrogen-bond donors (Lipinski definition) is 0. The standard InChI is InChI=1S/C22H21N5O3/c1-16-15-18(7-8-19(16)27(29)30)22(28)26-13-11-25(12-14-26)20-9-10-23-21(24-20)17-5-3-2-4-6-17/h2-10,15H,11-14H2,1H3. The minimum absolute atomic E-state index is 0.0225. The number of nitrogens with zero attached hydrogens (tertiary/aromatic N) is 5. The SMILES string of the molecule is Cc1cc(C(=O)N2CCN(c3ccnc(-c4ccccc4)n3)CC2)ccc1[N+](=O)[O-]. The lowest BCUT2D eigenvalue weighted by Crippen LogP contribution is -2.49. The molecule has 0 aliphatic carbocycles. The molecular weight excluding hydrogens is 382 g/mol. The van der Waals surface area contributed by atoms with Crippen LogP contribution in [0.2, 0.25) is 0 Å². The van der Waals surface area contributed by atoms with Crippen molar-refractivity contribution < 1.29 is 9.72 Å². The van der Waals surface area contributed by atoms with Crippen LogP contribution in [0, 0.1) is 17.0 Å². The van der Waals surface area contributed by atoms with E-state index in [4.69, 9.17) is 0 Å².